The van der Waals surface area contributed by atoms with Crippen LogP contribution in [0.15, 0.2) is 83.8 Å². The second-order valence-electron chi connectivity index (χ2n) is 6.20. The molecule has 0 aliphatic carbocycles. The van der Waals surface area contributed by atoms with Crippen molar-refractivity contribution in [3.63, 3.8) is 0 Å². The van der Waals surface area contributed by atoms with Gasteiger partial charge in [-0.1, -0.05) is 18.2 Å². The Bertz CT molecular complexity index is 1070. The van der Waals surface area contributed by atoms with E-state index >= 15 is 0 Å². The predicted molar refractivity (Wildman–Crippen MR) is 109 cm³/mol. The maximum absolute atomic E-state index is 12.9. The molecule has 6 nitrogen and oxygen atoms in total. The van der Waals surface area contributed by atoms with E-state index in [1.807, 2.05) is 0 Å². The Balaban J connectivity index is 1.62. The molecular formula is C21H19FN2O4S. The van der Waals surface area contributed by atoms with Gasteiger partial charge in [0.2, 0.25) is 0 Å². The summed E-state index contributed by atoms with van der Waals surface area (Å²) in [4.78, 5) is 12.3. The largest absolute Gasteiger partial charge is 0.481 e. The normalized spacial score (nSPS) is 12.1. The first-order valence-corrected chi connectivity index (χ1v) is 10.2. The molecule has 0 aliphatic rings. The summed E-state index contributed by atoms with van der Waals surface area (Å²) in [7, 11) is -3.74. The topological polar surface area (TPSA) is 84.5 Å². The summed E-state index contributed by atoms with van der Waals surface area (Å²) in [6.45, 7) is 1.56. The van der Waals surface area contributed by atoms with Crippen LogP contribution in [0.2, 0.25) is 0 Å². The fourth-order valence-electron chi connectivity index (χ4n) is 2.45. The molecule has 29 heavy (non-hydrogen) atoms. The highest BCUT2D eigenvalue weighted by molar-refractivity contribution is 7.92. The zero-order valence-electron chi connectivity index (χ0n) is 15.5. The van der Waals surface area contributed by atoms with Gasteiger partial charge >= 0.3 is 0 Å². The summed E-state index contributed by atoms with van der Waals surface area (Å²) in [5, 5.41) is 2.65. The van der Waals surface area contributed by atoms with Gasteiger partial charge < -0.3 is 10.1 Å². The van der Waals surface area contributed by atoms with E-state index in [1.54, 1.807) is 37.3 Å². The highest BCUT2D eigenvalue weighted by atomic mass is 32.2. The lowest BCUT2D eigenvalue weighted by molar-refractivity contribution is -0.122. The molecule has 0 saturated heterocycles. The zero-order valence-corrected chi connectivity index (χ0v) is 16.3. The SMILES string of the molecule is C[C@H](Oc1ccc(F)cc1)C(=O)Nc1ccc(S(=O)(=O)Nc2ccccc2)cc1. The van der Waals surface area contributed by atoms with Gasteiger partial charge in [0.1, 0.15) is 11.6 Å². The van der Waals surface area contributed by atoms with Gasteiger partial charge in [-0.15, -0.1) is 0 Å². The van der Waals surface area contributed by atoms with Crippen molar-refractivity contribution in [2.45, 2.75) is 17.9 Å². The van der Waals surface area contributed by atoms with E-state index in [9.17, 15) is 17.6 Å². The van der Waals surface area contributed by atoms with Gasteiger partial charge in [0.05, 0.1) is 4.90 Å². The molecule has 0 fully saturated rings. The molecule has 1 amide bonds. The summed E-state index contributed by atoms with van der Waals surface area (Å²) in [5.74, 6) is -0.457. The zero-order chi connectivity index (χ0) is 20.9. The number of ether oxygens (including phenoxy) is 1. The number of halogens is 1. The van der Waals surface area contributed by atoms with Gasteiger partial charge in [-0.3, -0.25) is 9.52 Å². The first-order valence-electron chi connectivity index (χ1n) is 8.74. The van der Waals surface area contributed by atoms with Crippen molar-refractivity contribution in [1.82, 2.24) is 0 Å². The van der Waals surface area contributed by atoms with Crippen molar-refractivity contribution in [1.29, 1.82) is 0 Å². The number of sulfonamides is 1. The summed E-state index contributed by atoms with van der Waals surface area (Å²) < 4.78 is 45.7. The molecular weight excluding hydrogens is 395 g/mol. The Kier molecular flexibility index (Phi) is 6.13. The predicted octanol–water partition coefficient (Wildman–Crippen LogP) is 4.03. The number of carbonyl (C=O) groups is 1. The van der Waals surface area contributed by atoms with Gasteiger partial charge in [0.15, 0.2) is 6.10 Å². The maximum atomic E-state index is 12.9. The number of para-hydroxylation sites is 1. The third-order valence-electron chi connectivity index (χ3n) is 3.95. The molecule has 1 atom stereocenters. The summed E-state index contributed by atoms with van der Waals surface area (Å²) in [6, 6.07) is 19.6. The van der Waals surface area contributed by atoms with E-state index in [4.69, 9.17) is 4.74 Å². The lowest BCUT2D eigenvalue weighted by Crippen LogP contribution is -2.30. The Labute approximate surface area is 168 Å². The van der Waals surface area contributed by atoms with Crippen molar-refractivity contribution in [3.05, 3.63) is 84.7 Å². The lowest BCUT2D eigenvalue weighted by Gasteiger charge is -2.15. The van der Waals surface area contributed by atoms with Crippen LogP contribution in [-0.4, -0.2) is 20.4 Å². The molecule has 0 aromatic heterocycles. The number of nitrogens with one attached hydrogen (secondary N) is 2. The fraction of sp³-hybridized carbons (Fsp3) is 0.0952. The van der Waals surface area contributed by atoms with Gasteiger partial charge in [-0.05, 0) is 67.6 Å². The quantitative estimate of drug-likeness (QED) is 0.611. The first-order chi connectivity index (χ1) is 13.8. The number of carbonyl (C=O) groups excluding carboxylic acids is 1. The van der Waals surface area contributed by atoms with E-state index in [0.717, 1.165) is 0 Å². The minimum absolute atomic E-state index is 0.0648. The van der Waals surface area contributed by atoms with Gasteiger partial charge in [-0.2, -0.15) is 0 Å². The van der Waals surface area contributed by atoms with E-state index in [2.05, 4.69) is 10.0 Å². The Hall–Kier alpha value is -3.39. The molecule has 8 heteroatoms. The van der Waals surface area contributed by atoms with Crippen LogP contribution in [0.1, 0.15) is 6.92 Å². The van der Waals surface area contributed by atoms with Crippen LogP contribution in [0.25, 0.3) is 0 Å². The highest BCUT2D eigenvalue weighted by Gasteiger charge is 2.17. The van der Waals surface area contributed by atoms with Crippen LogP contribution in [-0.2, 0) is 14.8 Å². The summed E-state index contributed by atoms with van der Waals surface area (Å²) in [5.41, 5.74) is 0.875. The molecule has 0 saturated carbocycles. The monoisotopic (exact) mass is 414 g/mol. The van der Waals surface area contributed by atoms with Gasteiger partial charge in [-0.25, -0.2) is 12.8 Å². The third-order valence-corrected chi connectivity index (χ3v) is 5.35. The maximum Gasteiger partial charge on any atom is 0.265 e. The number of hydrogen-bond acceptors (Lipinski definition) is 4. The van der Waals surface area contributed by atoms with Crippen molar-refractivity contribution in [2.75, 3.05) is 10.0 Å². The summed E-state index contributed by atoms with van der Waals surface area (Å²) in [6.07, 6.45) is -0.830. The Morgan fingerprint density at radius 3 is 2.14 bits per heavy atom. The van der Waals surface area contributed by atoms with E-state index in [1.165, 1.54) is 48.5 Å². The van der Waals surface area contributed by atoms with Crippen LogP contribution >= 0.6 is 0 Å². The Morgan fingerprint density at radius 1 is 0.897 bits per heavy atom. The molecule has 0 unspecified atom stereocenters. The molecule has 3 aromatic carbocycles. The number of hydrogen-bond donors (Lipinski definition) is 2. The molecule has 0 aliphatic heterocycles. The van der Waals surface area contributed by atoms with Crippen molar-refractivity contribution in [3.8, 4) is 5.75 Å². The van der Waals surface area contributed by atoms with Crippen molar-refractivity contribution in [2.24, 2.45) is 0 Å². The van der Waals surface area contributed by atoms with E-state index in [0.29, 0.717) is 17.1 Å². The van der Waals surface area contributed by atoms with Gasteiger partial charge in [0.25, 0.3) is 15.9 Å². The average molecular weight is 414 g/mol. The standard InChI is InChI=1S/C21H19FN2O4S/c1-15(28-19-11-7-16(22)8-12-19)21(25)23-17-9-13-20(14-10-17)29(26,27)24-18-5-3-2-4-6-18/h2-15,24H,1H3,(H,23,25)/t15-/m0/s1. The lowest BCUT2D eigenvalue weighted by atomic mass is 10.3. The van der Waals surface area contributed by atoms with Crippen LogP contribution < -0.4 is 14.8 Å². The van der Waals surface area contributed by atoms with Crippen molar-refractivity contribution < 1.29 is 22.3 Å². The minimum Gasteiger partial charge on any atom is -0.481 e. The molecule has 150 valence electrons. The summed E-state index contributed by atoms with van der Waals surface area (Å²) >= 11 is 0. The highest BCUT2D eigenvalue weighted by Crippen LogP contribution is 2.19. The van der Waals surface area contributed by atoms with E-state index in [-0.39, 0.29) is 4.90 Å². The molecule has 2 N–H and O–H groups in total. The molecule has 3 rings (SSSR count). The van der Waals surface area contributed by atoms with Crippen molar-refractivity contribution >= 4 is 27.3 Å². The smallest absolute Gasteiger partial charge is 0.265 e. The van der Waals surface area contributed by atoms with Gasteiger partial charge in [0, 0.05) is 11.4 Å². The second-order valence-corrected chi connectivity index (χ2v) is 7.88. The molecule has 0 radical (unpaired) electrons. The van der Waals surface area contributed by atoms with Crippen LogP contribution in [0.4, 0.5) is 15.8 Å². The number of amides is 1. The molecule has 0 spiro atoms. The number of rotatable bonds is 7. The Morgan fingerprint density at radius 2 is 1.52 bits per heavy atom. The fourth-order valence-corrected chi connectivity index (χ4v) is 3.51. The average Bonchev–Trinajstić information content (AvgIpc) is 2.70. The van der Waals surface area contributed by atoms with E-state index < -0.39 is 27.9 Å². The first kappa shape index (κ1) is 20.3. The number of benzene rings is 3. The molecule has 3 aromatic rings. The van der Waals surface area contributed by atoms with Crippen LogP contribution in [0.5, 0.6) is 5.75 Å². The second kappa shape index (κ2) is 8.74. The van der Waals surface area contributed by atoms with Crippen LogP contribution in [0, 0.1) is 5.82 Å². The minimum atomic E-state index is -3.74. The van der Waals surface area contributed by atoms with Crippen LogP contribution in [0.3, 0.4) is 0 Å². The molecule has 0 heterocycles. The third kappa shape index (κ3) is 5.55. The number of anilines is 2. The molecule has 0 bridgehead atoms.